The van der Waals surface area contributed by atoms with Gasteiger partial charge in [0.1, 0.15) is 5.75 Å². The predicted molar refractivity (Wildman–Crippen MR) is 75.6 cm³/mol. The second-order valence-electron chi connectivity index (χ2n) is 6.01. The van der Waals surface area contributed by atoms with E-state index in [1.54, 1.807) is 7.11 Å². The molecule has 0 fully saturated rings. The van der Waals surface area contributed by atoms with Crippen molar-refractivity contribution in [1.29, 1.82) is 0 Å². The smallest absolute Gasteiger partial charge is 0.129 e. The van der Waals surface area contributed by atoms with Crippen molar-refractivity contribution in [1.82, 2.24) is 0 Å². The largest absolute Gasteiger partial charge is 0.496 e. The highest BCUT2D eigenvalue weighted by Crippen LogP contribution is 2.45. The van der Waals surface area contributed by atoms with Gasteiger partial charge in [0, 0.05) is 11.1 Å². The van der Waals surface area contributed by atoms with E-state index in [9.17, 15) is 0 Å². The molecule has 1 rings (SSSR count). The van der Waals surface area contributed by atoms with Gasteiger partial charge in [-0.1, -0.05) is 65.5 Å². The fourth-order valence-corrected chi connectivity index (χ4v) is 1.84. The topological polar surface area (TPSA) is 9.23 Å². The molecule has 1 aromatic rings. The molecular weight excluding hydrogens is 208 g/mol. The average Bonchev–Trinajstić information content (AvgIpc) is 2.26. The van der Waals surface area contributed by atoms with E-state index in [-0.39, 0.29) is 10.8 Å². The van der Waals surface area contributed by atoms with Crippen molar-refractivity contribution in [3.8, 4) is 5.75 Å². The maximum Gasteiger partial charge on any atom is 0.129 e. The Labute approximate surface area is 106 Å². The highest BCUT2D eigenvalue weighted by molar-refractivity contribution is 5.60. The first-order valence-electron chi connectivity index (χ1n) is 6.05. The van der Waals surface area contributed by atoms with E-state index in [4.69, 9.17) is 4.74 Å². The summed E-state index contributed by atoms with van der Waals surface area (Å²) >= 11 is 0. The summed E-state index contributed by atoms with van der Waals surface area (Å²) in [5.74, 6) is 0.947. The number of methoxy groups -OCH3 is 1. The molecule has 17 heavy (non-hydrogen) atoms. The minimum atomic E-state index is 0.0391. The van der Waals surface area contributed by atoms with Gasteiger partial charge in [-0.05, 0) is 10.8 Å². The molecule has 1 nitrogen and oxygen atoms in total. The molecule has 0 radical (unpaired) electrons. The molecule has 0 amide bonds. The van der Waals surface area contributed by atoms with Crippen LogP contribution in [0.3, 0.4) is 0 Å². The van der Waals surface area contributed by atoms with Crippen molar-refractivity contribution in [2.75, 3.05) is 7.11 Å². The summed E-state index contributed by atoms with van der Waals surface area (Å²) in [7, 11) is 1.73. The molecule has 0 N–H and O–H groups in total. The van der Waals surface area contributed by atoms with E-state index in [1.165, 1.54) is 5.56 Å². The second-order valence-corrected chi connectivity index (χ2v) is 6.01. The van der Waals surface area contributed by atoms with Gasteiger partial charge in [-0.25, -0.2) is 0 Å². The molecule has 1 aromatic carbocycles. The quantitative estimate of drug-likeness (QED) is 0.736. The monoisotopic (exact) mass is 232 g/mol. The van der Waals surface area contributed by atoms with Crippen molar-refractivity contribution >= 4 is 6.08 Å². The molecule has 0 aliphatic rings. The zero-order chi connectivity index (χ0) is 13.3. The van der Waals surface area contributed by atoms with Crippen LogP contribution in [0.4, 0.5) is 0 Å². The maximum absolute atomic E-state index is 5.58. The summed E-state index contributed by atoms with van der Waals surface area (Å²) in [6.45, 7) is 15.1. The van der Waals surface area contributed by atoms with E-state index in [0.29, 0.717) is 0 Å². The van der Waals surface area contributed by atoms with Gasteiger partial charge in [0.25, 0.3) is 0 Å². The van der Waals surface area contributed by atoms with Gasteiger partial charge in [0.05, 0.1) is 7.11 Å². The van der Waals surface area contributed by atoms with Gasteiger partial charge < -0.3 is 4.74 Å². The first-order valence-corrected chi connectivity index (χ1v) is 6.05. The summed E-state index contributed by atoms with van der Waals surface area (Å²) in [5.41, 5.74) is 2.50. The standard InChI is InChI=1S/C16H24O/c1-8-12-10-9-11-13(14(12)17-7)16(5,6)15(2,3)4/h8-11H,1H2,2-7H3. The number of ether oxygens (including phenoxy) is 1. The molecule has 0 aromatic heterocycles. The molecular formula is C16H24O. The Morgan fingerprint density at radius 2 is 1.71 bits per heavy atom. The third-order valence-corrected chi connectivity index (χ3v) is 4.02. The molecule has 0 saturated carbocycles. The summed E-state index contributed by atoms with van der Waals surface area (Å²) in [6.07, 6.45) is 1.85. The van der Waals surface area contributed by atoms with Crippen LogP contribution in [0.15, 0.2) is 24.8 Å². The van der Waals surface area contributed by atoms with E-state index >= 15 is 0 Å². The lowest BCUT2D eigenvalue weighted by atomic mass is 9.65. The van der Waals surface area contributed by atoms with Crippen LogP contribution in [0.5, 0.6) is 5.75 Å². The SMILES string of the molecule is C=Cc1cccc(C(C)(C)C(C)(C)C)c1OC. The molecule has 0 aliphatic carbocycles. The fourth-order valence-electron chi connectivity index (χ4n) is 1.84. The van der Waals surface area contributed by atoms with Crippen LogP contribution in [0.25, 0.3) is 6.08 Å². The summed E-state index contributed by atoms with van der Waals surface area (Å²) in [6, 6.07) is 6.26. The summed E-state index contributed by atoms with van der Waals surface area (Å²) in [5, 5.41) is 0. The van der Waals surface area contributed by atoms with Crippen molar-refractivity contribution in [2.24, 2.45) is 5.41 Å². The number of hydrogen-bond donors (Lipinski definition) is 0. The van der Waals surface area contributed by atoms with Crippen molar-refractivity contribution < 1.29 is 4.74 Å². The molecule has 0 spiro atoms. The minimum absolute atomic E-state index is 0.0391. The van der Waals surface area contributed by atoms with Crippen LogP contribution in [-0.2, 0) is 5.41 Å². The maximum atomic E-state index is 5.58. The van der Waals surface area contributed by atoms with Crippen LogP contribution in [0, 0.1) is 5.41 Å². The predicted octanol–water partition coefficient (Wildman–Crippen LogP) is 4.66. The van der Waals surface area contributed by atoms with Crippen molar-refractivity contribution in [3.05, 3.63) is 35.9 Å². The molecule has 0 unspecified atom stereocenters. The number of benzene rings is 1. The normalized spacial score (nSPS) is 12.4. The molecule has 0 atom stereocenters. The van der Waals surface area contributed by atoms with Crippen LogP contribution in [0.1, 0.15) is 45.7 Å². The zero-order valence-electron chi connectivity index (χ0n) is 11.9. The average molecular weight is 232 g/mol. The summed E-state index contributed by atoms with van der Waals surface area (Å²) in [4.78, 5) is 0. The van der Waals surface area contributed by atoms with E-state index in [2.05, 4.69) is 53.3 Å². The third kappa shape index (κ3) is 2.38. The molecule has 94 valence electrons. The Morgan fingerprint density at radius 1 is 1.12 bits per heavy atom. The third-order valence-electron chi connectivity index (χ3n) is 4.02. The van der Waals surface area contributed by atoms with Gasteiger partial charge in [-0.15, -0.1) is 0 Å². The highest BCUT2D eigenvalue weighted by Gasteiger charge is 2.36. The molecule has 0 heterocycles. The van der Waals surface area contributed by atoms with Gasteiger partial charge in [0.15, 0.2) is 0 Å². The zero-order valence-corrected chi connectivity index (χ0v) is 11.9. The van der Waals surface area contributed by atoms with Crippen molar-refractivity contribution in [2.45, 2.75) is 40.0 Å². The Hall–Kier alpha value is -1.24. The minimum Gasteiger partial charge on any atom is -0.496 e. The van der Waals surface area contributed by atoms with Crippen LogP contribution < -0.4 is 4.74 Å². The van der Waals surface area contributed by atoms with Crippen LogP contribution >= 0.6 is 0 Å². The van der Waals surface area contributed by atoms with Gasteiger partial charge in [-0.3, -0.25) is 0 Å². The number of rotatable bonds is 3. The lowest BCUT2D eigenvalue weighted by Gasteiger charge is -2.40. The van der Waals surface area contributed by atoms with E-state index in [1.807, 2.05) is 12.1 Å². The van der Waals surface area contributed by atoms with Gasteiger partial charge >= 0.3 is 0 Å². The van der Waals surface area contributed by atoms with Gasteiger partial charge in [-0.2, -0.15) is 0 Å². The Morgan fingerprint density at radius 3 is 2.12 bits per heavy atom. The Kier molecular flexibility index (Phi) is 3.71. The van der Waals surface area contributed by atoms with Gasteiger partial charge in [0.2, 0.25) is 0 Å². The lowest BCUT2D eigenvalue weighted by molar-refractivity contribution is 0.218. The fraction of sp³-hybridized carbons (Fsp3) is 0.500. The Bertz CT molecular complexity index is 408. The van der Waals surface area contributed by atoms with Crippen LogP contribution in [-0.4, -0.2) is 7.11 Å². The number of hydrogen-bond acceptors (Lipinski definition) is 1. The molecule has 0 bridgehead atoms. The Balaban J connectivity index is 3.46. The summed E-state index contributed by atoms with van der Waals surface area (Å²) < 4.78 is 5.58. The first kappa shape index (κ1) is 13.8. The second kappa shape index (κ2) is 4.56. The number of para-hydroxylation sites is 1. The molecule has 0 saturated heterocycles. The molecule has 0 aliphatic heterocycles. The highest BCUT2D eigenvalue weighted by atomic mass is 16.5. The van der Waals surface area contributed by atoms with Crippen molar-refractivity contribution in [3.63, 3.8) is 0 Å². The first-order chi connectivity index (χ1) is 7.75. The van der Waals surface area contributed by atoms with Crippen LogP contribution in [0.2, 0.25) is 0 Å². The lowest BCUT2D eigenvalue weighted by Crippen LogP contribution is -2.34. The molecule has 1 heteroatoms. The van der Waals surface area contributed by atoms with E-state index in [0.717, 1.165) is 11.3 Å². The van der Waals surface area contributed by atoms with E-state index < -0.39 is 0 Å².